The molecule has 1 aromatic rings. The molecule has 0 spiro atoms. The fraction of sp³-hybridized carbons (Fsp3) is 0.600. The Bertz CT molecular complexity index is 378. The third kappa shape index (κ3) is 4.71. The van der Waals surface area contributed by atoms with Crippen molar-refractivity contribution in [2.24, 2.45) is 0 Å². The molecule has 3 heteroatoms. The lowest BCUT2D eigenvalue weighted by Gasteiger charge is -2.28. The zero-order chi connectivity index (χ0) is 13.2. The van der Waals surface area contributed by atoms with Crippen LogP contribution < -0.4 is 5.32 Å². The Labute approximate surface area is 118 Å². The first-order chi connectivity index (χ1) is 8.44. The van der Waals surface area contributed by atoms with Gasteiger partial charge in [0, 0.05) is 17.1 Å². The molecule has 100 valence electrons. The topological polar surface area (TPSA) is 21.3 Å². The van der Waals surface area contributed by atoms with Gasteiger partial charge in [-0.25, -0.2) is 0 Å². The summed E-state index contributed by atoms with van der Waals surface area (Å²) in [5.41, 5.74) is 1.12. The Hall–Kier alpha value is -0.380. The van der Waals surface area contributed by atoms with E-state index in [2.05, 4.69) is 66.3 Å². The summed E-state index contributed by atoms with van der Waals surface area (Å²) in [7, 11) is 0. The number of benzene rings is 1. The molecule has 0 heterocycles. The van der Waals surface area contributed by atoms with Crippen LogP contribution in [0.4, 0.5) is 0 Å². The van der Waals surface area contributed by atoms with Crippen LogP contribution in [0.1, 0.15) is 45.3 Å². The molecule has 1 aliphatic carbocycles. The van der Waals surface area contributed by atoms with Crippen molar-refractivity contribution in [1.82, 2.24) is 5.32 Å². The lowest BCUT2D eigenvalue weighted by atomic mass is 10.1. The average molecular weight is 312 g/mol. The van der Waals surface area contributed by atoms with Gasteiger partial charge < -0.3 is 10.1 Å². The predicted molar refractivity (Wildman–Crippen MR) is 78.7 cm³/mol. The molecule has 1 aromatic carbocycles. The molecular weight excluding hydrogens is 290 g/mol. The molecule has 1 N–H and O–H groups in total. The number of nitrogens with one attached hydrogen (secondary N) is 1. The van der Waals surface area contributed by atoms with E-state index in [9.17, 15) is 0 Å². The highest BCUT2D eigenvalue weighted by molar-refractivity contribution is 9.10. The van der Waals surface area contributed by atoms with Crippen LogP contribution in [0.3, 0.4) is 0 Å². The smallest absolute Gasteiger partial charge is 0.0956 e. The van der Waals surface area contributed by atoms with Crippen LogP contribution in [-0.2, 0) is 4.74 Å². The van der Waals surface area contributed by atoms with Crippen molar-refractivity contribution in [2.75, 3.05) is 6.54 Å². The third-order valence-corrected chi connectivity index (χ3v) is 3.44. The number of rotatable bonds is 5. The van der Waals surface area contributed by atoms with E-state index in [4.69, 9.17) is 4.74 Å². The van der Waals surface area contributed by atoms with E-state index < -0.39 is 0 Å². The summed E-state index contributed by atoms with van der Waals surface area (Å²) in [6.45, 7) is 7.21. The van der Waals surface area contributed by atoms with Crippen molar-refractivity contribution in [1.29, 1.82) is 0 Å². The highest BCUT2D eigenvalue weighted by Crippen LogP contribution is 2.26. The van der Waals surface area contributed by atoms with Crippen LogP contribution in [0.15, 0.2) is 28.7 Å². The van der Waals surface area contributed by atoms with E-state index in [0.29, 0.717) is 6.04 Å². The Kier molecular flexibility index (Phi) is 4.46. The minimum Gasteiger partial charge on any atom is -0.367 e. The molecular formula is C15H22BrNO. The summed E-state index contributed by atoms with van der Waals surface area (Å²) < 4.78 is 7.27. The normalized spacial score (nSPS) is 17.8. The van der Waals surface area contributed by atoms with E-state index in [0.717, 1.165) is 11.0 Å². The van der Waals surface area contributed by atoms with Crippen LogP contribution in [0.2, 0.25) is 0 Å². The van der Waals surface area contributed by atoms with Gasteiger partial charge in [-0.3, -0.25) is 0 Å². The molecule has 1 aliphatic rings. The van der Waals surface area contributed by atoms with E-state index >= 15 is 0 Å². The lowest BCUT2D eigenvalue weighted by Crippen LogP contribution is -2.31. The summed E-state index contributed by atoms with van der Waals surface area (Å²) in [5, 5.41) is 3.56. The Balaban J connectivity index is 2.03. The van der Waals surface area contributed by atoms with Gasteiger partial charge in [-0.15, -0.1) is 0 Å². The summed E-state index contributed by atoms with van der Waals surface area (Å²) in [6, 6.07) is 9.13. The zero-order valence-corrected chi connectivity index (χ0v) is 13.0. The predicted octanol–water partition coefficient (Wildman–Crippen LogP) is 4.06. The molecule has 0 aromatic heterocycles. The highest BCUT2D eigenvalue weighted by Gasteiger charge is 2.25. The van der Waals surface area contributed by atoms with E-state index in [1.54, 1.807) is 0 Å². The van der Waals surface area contributed by atoms with Gasteiger partial charge in [0.2, 0.25) is 0 Å². The minimum absolute atomic E-state index is 0.122. The maximum Gasteiger partial charge on any atom is 0.0956 e. The van der Waals surface area contributed by atoms with Gasteiger partial charge >= 0.3 is 0 Å². The molecule has 1 atom stereocenters. The highest BCUT2D eigenvalue weighted by atomic mass is 79.9. The molecule has 1 saturated carbocycles. The Morgan fingerprint density at radius 1 is 1.28 bits per heavy atom. The molecule has 0 saturated heterocycles. The van der Waals surface area contributed by atoms with Crippen LogP contribution >= 0.6 is 15.9 Å². The molecule has 0 radical (unpaired) electrons. The fourth-order valence-electron chi connectivity index (χ4n) is 1.89. The summed E-state index contributed by atoms with van der Waals surface area (Å²) in [4.78, 5) is 0. The van der Waals surface area contributed by atoms with Gasteiger partial charge in [-0.05, 0) is 51.3 Å². The Morgan fingerprint density at radius 2 is 1.89 bits per heavy atom. The minimum atomic E-state index is -0.122. The zero-order valence-electron chi connectivity index (χ0n) is 11.4. The van der Waals surface area contributed by atoms with Crippen molar-refractivity contribution in [3.8, 4) is 0 Å². The van der Waals surface area contributed by atoms with Gasteiger partial charge in [0.25, 0.3) is 0 Å². The van der Waals surface area contributed by atoms with Crippen molar-refractivity contribution in [3.05, 3.63) is 34.3 Å². The molecule has 1 unspecified atom stereocenters. The van der Waals surface area contributed by atoms with Crippen LogP contribution in [-0.4, -0.2) is 18.2 Å². The van der Waals surface area contributed by atoms with Crippen molar-refractivity contribution >= 4 is 15.9 Å². The van der Waals surface area contributed by atoms with E-state index in [-0.39, 0.29) is 11.7 Å². The molecule has 0 aliphatic heterocycles. The van der Waals surface area contributed by atoms with Gasteiger partial charge in [0.1, 0.15) is 0 Å². The second-order valence-electron chi connectivity index (χ2n) is 5.95. The van der Waals surface area contributed by atoms with Crippen LogP contribution in [0.5, 0.6) is 0 Å². The largest absolute Gasteiger partial charge is 0.367 e. The monoisotopic (exact) mass is 311 g/mol. The third-order valence-electron chi connectivity index (χ3n) is 2.91. The Morgan fingerprint density at radius 3 is 2.39 bits per heavy atom. The second-order valence-corrected chi connectivity index (χ2v) is 6.87. The molecule has 0 amide bonds. The first kappa shape index (κ1) is 14.0. The van der Waals surface area contributed by atoms with Crippen molar-refractivity contribution < 1.29 is 4.74 Å². The van der Waals surface area contributed by atoms with Gasteiger partial charge in [0.05, 0.1) is 11.7 Å². The first-order valence-corrected chi connectivity index (χ1v) is 7.40. The van der Waals surface area contributed by atoms with Gasteiger partial charge in [-0.2, -0.15) is 0 Å². The maximum atomic E-state index is 6.16. The molecule has 2 rings (SSSR count). The van der Waals surface area contributed by atoms with Crippen molar-refractivity contribution in [3.63, 3.8) is 0 Å². The standard InChI is InChI=1S/C15H22BrNO/c1-15(2,3)18-14(10-17-13-8-9-13)11-4-6-12(16)7-5-11/h4-7,13-14,17H,8-10H2,1-3H3. The second kappa shape index (κ2) is 5.72. The summed E-state index contributed by atoms with van der Waals surface area (Å²) in [6.07, 6.45) is 2.74. The van der Waals surface area contributed by atoms with Crippen LogP contribution in [0.25, 0.3) is 0 Å². The lowest BCUT2D eigenvalue weighted by molar-refractivity contribution is -0.0607. The number of hydrogen-bond acceptors (Lipinski definition) is 2. The molecule has 2 nitrogen and oxygen atoms in total. The first-order valence-electron chi connectivity index (χ1n) is 6.61. The quantitative estimate of drug-likeness (QED) is 0.885. The van der Waals surface area contributed by atoms with E-state index in [1.165, 1.54) is 18.4 Å². The number of halogens is 1. The van der Waals surface area contributed by atoms with Crippen LogP contribution in [0, 0.1) is 0 Å². The molecule has 1 fully saturated rings. The van der Waals surface area contributed by atoms with Gasteiger partial charge in [-0.1, -0.05) is 28.1 Å². The van der Waals surface area contributed by atoms with E-state index in [1.807, 2.05) is 0 Å². The summed E-state index contributed by atoms with van der Waals surface area (Å²) in [5.74, 6) is 0. The number of hydrogen-bond donors (Lipinski definition) is 1. The number of ether oxygens (including phenoxy) is 1. The fourth-order valence-corrected chi connectivity index (χ4v) is 2.16. The average Bonchev–Trinajstić information content (AvgIpc) is 3.07. The SMILES string of the molecule is CC(C)(C)OC(CNC1CC1)c1ccc(Br)cc1. The summed E-state index contributed by atoms with van der Waals surface area (Å²) >= 11 is 3.47. The molecule has 18 heavy (non-hydrogen) atoms. The molecule has 0 bridgehead atoms. The van der Waals surface area contributed by atoms with Gasteiger partial charge in [0.15, 0.2) is 0 Å². The maximum absolute atomic E-state index is 6.16. The van der Waals surface area contributed by atoms with Crippen molar-refractivity contribution in [2.45, 2.75) is 51.4 Å².